The normalized spacial score (nSPS) is 11.0. The van der Waals surface area contributed by atoms with E-state index in [9.17, 15) is 4.79 Å². The summed E-state index contributed by atoms with van der Waals surface area (Å²) in [4.78, 5) is 20.2. The number of H-pyrrole nitrogens is 1. The van der Waals surface area contributed by atoms with Gasteiger partial charge in [0.05, 0.1) is 11.7 Å². The molecule has 0 aliphatic heterocycles. The predicted octanol–water partition coefficient (Wildman–Crippen LogP) is 2.70. The summed E-state index contributed by atoms with van der Waals surface area (Å²) in [5.41, 5.74) is -0.0690. The number of halogens is 1. The van der Waals surface area contributed by atoms with Crippen LogP contribution in [0.3, 0.4) is 0 Å². The Balaban J connectivity index is 2.74. The van der Waals surface area contributed by atoms with Gasteiger partial charge < -0.3 is 4.98 Å². The summed E-state index contributed by atoms with van der Waals surface area (Å²) in [6.45, 7) is 2.12. The lowest BCUT2D eigenvalue weighted by molar-refractivity contribution is 0.937. The first-order chi connectivity index (χ1) is 6.74. The third-order valence-corrected chi connectivity index (χ3v) is 4.27. The zero-order chi connectivity index (χ0) is 10.1. The molecule has 2 aromatic heterocycles. The van der Waals surface area contributed by atoms with Crippen LogP contribution < -0.4 is 5.56 Å². The van der Waals surface area contributed by atoms with Crippen molar-refractivity contribution in [1.82, 2.24) is 9.97 Å². The summed E-state index contributed by atoms with van der Waals surface area (Å²) >= 11 is 5.04. The van der Waals surface area contributed by atoms with Crippen molar-refractivity contribution in [2.24, 2.45) is 0 Å². The molecule has 2 aromatic rings. The fraction of sp³-hybridized carbons (Fsp3) is 0.333. The lowest BCUT2D eigenvalue weighted by Crippen LogP contribution is -2.04. The molecule has 2 rings (SSSR count). The summed E-state index contributed by atoms with van der Waals surface area (Å²) < 4.78 is 0.911. The average molecular weight is 273 g/mol. The number of nitrogens with one attached hydrogen (secondary N) is 1. The van der Waals surface area contributed by atoms with Crippen LogP contribution in [-0.2, 0) is 6.42 Å². The Hall–Kier alpha value is -0.680. The molecular weight excluding hydrogens is 264 g/mol. The molecule has 0 bridgehead atoms. The lowest BCUT2D eigenvalue weighted by Gasteiger charge is -1.91. The first-order valence-corrected chi connectivity index (χ1v) is 5.99. The van der Waals surface area contributed by atoms with Crippen LogP contribution in [0.25, 0.3) is 10.2 Å². The van der Waals surface area contributed by atoms with E-state index in [-0.39, 0.29) is 5.56 Å². The van der Waals surface area contributed by atoms with Crippen molar-refractivity contribution >= 4 is 37.5 Å². The fourth-order valence-corrected chi connectivity index (χ4v) is 3.42. The van der Waals surface area contributed by atoms with E-state index >= 15 is 0 Å². The minimum absolute atomic E-state index is 0.0690. The molecular formula is C9H9BrN2OS. The Morgan fingerprint density at radius 1 is 1.64 bits per heavy atom. The number of hydrogen-bond acceptors (Lipinski definition) is 3. The van der Waals surface area contributed by atoms with Crippen LogP contribution in [0.5, 0.6) is 0 Å². The Labute approximate surface area is 93.3 Å². The van der Waals surface area contributed by atoms with Crippen molar-refractivity contribution in [1.29, 1.82) is 0 Å². The largest absolute Gasteiger partial charge is 0.313 e. The number of aryl methyl sites for hydroxylation is 1. The number of aromatic amines is 1. The maximum atomic E-state index is 11.5. The molecule has 0 fully saturated rings. The second kappa shape index (κ2) is 3.82. The van der Waals surface area contributed by atoms with Gasteiger partial charge in [-0.15, -0.1) is 11.3 Å². The standard InChI is InChI=1S/C9H9BrN2OS/c1-2-3-5-7(10)6-8(13)11-4-12-9(6)14-5/h4H,2-3H2,1H3,(H,11,12,13). The van der Waals surface area contributed by atoms with E-state index in [0.717, 1.165) is 22.1 Å². The van der Waals surface area contributed by atoms with Gasteiger partial charge in [-0.25, -0.2) is 4.98 Å². The first kappa shape index (κ1) is 9.86. The first-order valence-electron chi connectivity index (χ1n) is 4.38. The molecule has 0 radical (unpaired) electrons. The number of fused-ring (bicyclic) bond motifs is 1. The van der Waals surface area contributed by atoms with Gasteiger partial charge in [0, 0.05) is 9.35 Å². The van der Waals surface area contributed by atoms with E-state index in [4.69, 9.17) is 0 Å². The van der Waals surface area contributed by atoms with Crippen LogP contribution in [0.2, 0.25) is 0 Å². The molecule has 0 aromatic carbocycles. The summed E-state index contributed by atoms with van der Waals surface area (Å²) in [5.74, 6) is 0. The van der Waals surface area contributed by atoms with E-state index in [1.807, 2.05) is 0 Å². The Bertz CT molecular complexity index is 517. The van der Waals surface area contributed by atoms with Gasteiger partial charge in [0.15, 0.2) is 0 Å². The smallest absolute Gasteiger partial charge is 0.260 e. The highest BCUT2D eigenvalue weighted by molar-refractivity contribution is 9.10. The van der Waals surface area contributed by atoms with Gasteiger partial charge in [0.25, 0.3) is 5.56 Å². The number of aromatic nitrogens is 2. The zero-order valence-electron chi connectivity index (χ0n) is 7.63. The molecule has 0 saturated carbocycles. The molecule has 0 aliphatic rings. The fourth-order valence-electron chi connectivity index (χ4n) is 1.34. The van der Waals surface area contributed by atoms with Crippen LogP contribution in [-0.4, -0.2) is 9.97 Å². The van der Waals surface area contributed by atoms with Crippen molar-refractivity contribution in [2.45, 2.75) is 19.8 Å². The summed E-state index contributed by atoms with van der Waals surface area (Å²) in [5, 5.41) is 0.681. The summed E-state index contributed by atoms with van der Waals surface area (Å²) in [7, 11) is 0. The molecule has 74 valence electrons. The molecule has 0 amide bonds. The monoisotopic (exact) mass is 272 g/mol. The molecule has 2 heterocycles. The maximum Gasteiger partial charge on any atom is 0.260 e. The van der Waals surface area contributed by atoms with Crippen molar-refractivity contribution in [2.75, 3.05) is 0 Å². The van der Waals surface area contributed by atoms with Crippen LogP contribution in [0.1, 0.15) is 18.2 Å². The second-order valence-electron chi connectivity index (χ2n) is 3.00. The zero-order valence-corrected chi connectivity index (χ0v) is 10.0. The minimum Gasteiger partial charge on any atom is -0.313 e. The van der Waals surface area contributed by atoms with Gasteiger partial charge in [0.1, 0.15) is 4.83 Å². The second-order valence-corrected chi connectivity index (χ2v) is 4.88. The van der Waals surface area contributed by atoms with Crippen molar-refractivity contribution < 1.29 is 0 Å². The summed E-state index contributed by atoms with van der Waals surface area (Å²) in [6.07, 6.45) is 3.51. The Morgan fingerprint density at radius 3 is 3.07 bits per heavy atom. The highest BCUT2D eigenvalue weighted by atomic mass is 79.9. The van der Waals surface area contributed by atoms with E-state index in [1.165, 1.54) is 11.2 Å². The highest BCUT2D eigenvalue weighted by Crippen LogP contribution is 2.32. The molecule has 0 aliphatic carbocycles. The van der Waals surface area contributed by atoms with Crippen LogP contribution in [0.4, 0.5) is 0 Å². The SMILES string of the molecule is CCCc1sc2nc[nH]c(=O)c2c1Br. The maximum absolute atomic E-state index is 11.5. The number of rotatable bonds is 2. The van der Waals surface area contributed by atoms with Crippen LogP contribution in [0, 0.1) is 0 Å². The molecule has 0 spiro atoms. The van der Waals surface area contributed by atoms with Gasteiger partial charge in [-0.2, -0.15) is 0 Å². The van der Waals surface area contributed by atoms with Crippen molar-refractivity contribution in [3.8, 4) is 0 Å². The molecule has 14 heavy (non-hydrogen) atoms. The molecule has 3 nitrogen and oxygen atoms in total. The molecule has 1 N–H and O–H groups in total. The minimum atomic E-state index is -0.0690. The Morgan fingerprint density at radius 2 is 2.43 bits per heavy atom. The van der Waals surface area contributed by atoms with Gasteiger partial charge in [-0.05, 0) is 22.4 Å². The van der Waals surface area contributed by atoms with E-state index < -0.39 is 0 Å². The third kappa shape index (κ3) is 1.50. The summed E-state index contributed by atoms with van der Waals surface area (Å²) in [6, 6.07) is 0. The van der Waals surface area contributed by atoms with Gasteiger partial charge in [0.2, 0.25) is 0 Å². The molecule has 0 unspecified atom stereocenters. The number of hydrogen-bond donors (Lipinski definition) is 1. The van der Waals surface area contributed by atoms with Gasteiger partial charge >= 0.3 is 0 Å². The predicted molar refractivity (Wildman–Crippen MR) is 61.9 cm³/mol. The van der Waals surface area contributed by atoms with Crippen LogP contribution in [0.15, 0.2) is 15.6 Å². The quantitative estimate of drug-likeness (QED) is 0.914. The topological polar surface area (TPSA) is 45.8 Å². The third-order valence-electron chi connectivity index (χ3n) is 1.98. The van der Waals surface area contributed by atoms with Gasteiger partial charge in [-0.1, -0.05) is 13.3 Å². The van der Waals surface area contributed by atoms with Crippen LogP contribution >= 0.6 is 27.3 Å². The van der Waals surface area contributed by atoms with E-state index in [0.29, 0.717) is 5.39 Å². The lowest BCUT2D eigenvalue weighted by atomic mass is 10.2. The number of thiophene rings is 1. The molecule has 0 saturated heterocycles. The van der Waals surface area contributed by atoms with Gasteiger partial charge in [-0.3, -0.25) is 4.79 Å². The van der Waals surface area contributed by atoms with Crippen molar-refractivity contribution in [3.63, 3.8) is 0 Å². The van der Waals surface area contributed by atoms with E-state index in [2.05, 4.69) is 32.8 Å². The average Bonchev–Trinajstić information content (AvgIpc) is 2.46. The molecule has 0 atom stereocenters. The Kier molecular flexibility index (Phi) is 2.69. The molecule has 5 heteroatoms. The number of nitrogens with zero attached hydrogens (tertiary/aromatic N) is 1. The van der Waals surface area contributed by atoms with E-state index in [1.54, 1.807) is 11.3 Å². The highest BCUT2D eigenvalue weighted by Gasteiger charge is 2.12. The van der Waals surface area contributed by atoms with Crippen molar-refractivity contribution in [3.05, 3.63) is 26.0 Å².